The highest BCUT2D eigenvalue weighted by Gasteiger charge is 2.54. The van der Waals surface area contributed by atoms with E-state index in [2.05, 4.69) is 25.6 Å². The van der Waals surface area contributed by atoms with Crippen molar-refractivity contribution < 1.29 is 27.8 Å². The Bertz CT molecular complexity index is 1110. The number of nitrogens with zero attached hydrogens (tertiary/aromatic N) is 3. The quantitative estimate of drug-likeness (QED) is 0.368. The first kappa shape index (κ1) is 25.3. The molecule has 0 aliphatic heterocycles. The van der Waals surface area contributed by atoms with Crippen molar-refractivity contribution in [2.24, 2.45) is 0 Å². The zero-order valence-corrected chi connectivity index (χ0v) is 19.2. The van der Waals surface area contributed by atoms with Crippen LogP contribution >= 0.6 is 0 Å². The van der Waals surface area contributed by atoms with Gasteiger partial charge in [-0.05, 0) is 30.7 Å². The number of nitrogens with one attached hydrogen (secondary N) is 2. The highest BCUT2D eigenvalue weighted by molar-refractivity contribution is 5.86. The Morgan fingerprint density at radius 3 is 2.53 bits per heavy atom. The molecule has 0 spiro atoms. The molecule has 0 bridgehead atoms. The number of ether oxygens (including phenoxy) is 2. The van der Waals surface area contributed by atoms with Gasteiger partial charge in [0.05, 0.1) is 26.3 Å². The molecule has 0 aliphatic carbocycles. The average Bonchev–Trinajstić information content (AvgIpc) is 2.84. The van der Waals surface area contributed by atoms with Gasteiger partial charge in [-0.1, -0.05) is 19.8 Å². The standard InChI is InChI=1S/C23H28F3N5O3/c1-4-5-10-22(14-32,23(24,25)26)31-20-19-17(7-6-11-27-19)29-21(30-20)28-13-15-8-9-16(33-2)12-18(15)34-3/h6-9,11-12,32H,4-5,10,13-14H2,1-3H3,(H2,28,29,30,31)/t22-/m1/s1. The van der Waals surface area contributed by atoms with Crippen LogP contribution in [0.25, 0.3) is 11.0 Å². The summed E-state index contributed by atoms with van der Waals surface area (Å²) < 4.78 is 52.8. The molecule has 2 aromatic heterocycles. The number of hydrogen-bond donors (Lipinski definition) is 3. The van der Waals surface area contributed by atoms with Gasteiger partial charge in [0.25, 0.3) is 0 Å². The number of rotatable bonds is 11. The molecule has 184 valence electrons. The van der Waals surface area contributed by atoms with Gasteiger partial charge < -0.3 is 25.2 Å². The predicted octanol–water partition coefficient (Wildman–Crippen LogP) is 4.55. The SMILES string of the molecule is CCCC[C@](CO)(Nc1nc(NCc2ccc(OC)cc2OC)nc2cccnc12)C(F)(F)F. The van der Waals surface area contributed by atoms with Crippen LogP contribution in [0, 0.1) is 0 Å². The lowest BCUT2D eigenvalue weighted by molar-refractivity contribution is -0.190. The van der Waals surface area contributed by atoms with Gasteiger partial charge in [0.15, 0.2) is 11.4 Å². The van der Waals surface area contributed by atoms with Crippen molar-refractivity contribution in [3.05, 3.63) is 42.1 Å². The van der Waals surface area contributed by atoms with Crippen LogP contribution in [0.15, 0.2) is 36.5 Å². The van der Waals surface area contributed by atoms with Crippen molar-refractivity contribution in [1.29, 1.82) is 0 Å². The van der Waals surface area contributed by atoms with Gasteiger partial charge in [-0.2, -0.15) is 18.2 Å². The van der Waals surface area contributed by atoms with Crippen LogP contribution < -0.4 is 20.1 Å². The average molecular weight is 480 g/mol. The number of benzene rings is 1. The molecule has 0 amide bonds. The van der Waals surface area contributed by atoms with Crippen LogP contribution in [0.2, 0.25) is 0 Å². The molecule has 0 fully saturated rings. The molecule has 0 radical (unpaired) electrons. The maximum absolute atomic E-state index is 14.1. The molecule has 3 aromatic rings. The lowest BCUT2D eigenvalue weighted by atomic mass is 9.92. The fourth-order valence-electron chi connectivity index (χ4n) is 3.49. The summed E-state index contributed by atoms with van der Waals surface area (Å²) >= 11 is 0. The van der Waals surface area contributed by atoms with Gasteiger partial charge in [-0.25, -0.2) is 4.98 Å². The number of pyridine rings is 1. The van der Waals surface area contributed by atoms with E-state index in [9.17, 15) is 18.3 Å². The van der Waals surface area contributed by atoms with E-state index in [0.717, 1.165) is 5.56 Å². The number of anilines is 2. The largest absolute Gasteiger partial charge is 0.497 e. The van der Waals surface area contributed by atoms with Gasteiger partial charge >= 0.3 is 6.18 Å². The van der Waals surface area contributed by atoms with Crippen LogP contribution in [0.3, 0.4) is 0 Å². The Labute approximate surface area is 195 Å². The molecule has 1 atom stereocenters. The van der Waals surface area contributed by atoms with E-state index < -0.39 is 18.3 Å². The van der Waals surface area contributed by atoms with E-state index in [1.807, 2.05) is 0 Å². The number of halogens is 3. The third kappa shape index (κ3) is 5.41. The second kappa shape index (κ2) is 10.7. The smallest absolute Gasteiger partial charge is 0.413 e. The normalized spacial score (nSPS) is 13.4. The molecule has 0 saturated carbocycles. The summed E-state index contributed by atoms with van der Waals surface area (Å²) in [5.41, 5.74) is -1.25. The van der Waals surface area contributed by atoms with E-state index in [-0.39, 0.29) is 36.7 Å². The second-order valence-corrected chi connectivity index (χ2v) is 7.76. The minimum Gasteiger partial charge on any atom is -0.497 e. The highest BCUT2D eigenvalue weighted by Crippen LogP contribution is 2.38. The monoisotopic (exact) mass is 479 g/mol. The fourth-order valence-corrected chi connectivity index (χ4v) is 3.49. The topological polar surface area (TPSA) is 101 Å². The highest BCUT2D eigenvalue weighted by atomic mass is 19.4. The van der Waals surface area contributed by atoms with Gasteiger partial charge in [0.2, 0.25) is 5.95 Å². The van der Waals surface area contributed by atoms with E-state index in [1.54, 1.807) is 44.4 Å². The number of aliphatic hydroxyl groups is 1. The molecule has 0 aliphatic rings. The van der Waals surface area contributed by atoms with E-state index >= 15 is 0 Å². The van der Waals surface area contributed by atoms with Crippen LogP contribution in [-0.4, -0.2) is 52.6 Å². The number of unbranched alkanes of at least 4 members (excludes halogenated alkanes) is 1. The van der Waals surface area contributed by atoms with Crippen LogP contribution in [0.1, 0.15) is 31.7 Å². The molecule has 11 heteroatoms. The summed E-state index contributed by atoms with van der Waals surface area (Å²) in [5.74, 6) is 1.19. The minimum atomic E-state index is -4.72. The first-order valence-corrected chi connectivity index (χ1v) is 10.8. The number of alkyl halides is 3. The van der Waals surface area contributed by atoms with Gasteiger partial charge in [-0.15, -0.1) is 0 Å². The van der Waals surface area contributed by atoms with E-state index in [4.69, 9.17) is 9.47 Å². The molecule has 2 heterocycles. The summed E-state index contributed by atoms with van der Waals surface area (Å²) in [6.07, 6.45) is -2.77. The Morgan fingerprint density at radius 1 is 1.09 bits per heavy atom. The Balaban J connectivity index is 1.97. The van der Waals surface area contributed by atoms with Gasteiger partial charge in [-0.3, -0.25) is 4.98 Å². The molecule has 1 aromatic carbocycles. The molecule has 8 nitrogen and oxygen atoms in total. The number of aromatic nitrogens is 3. The first-order valence-electron chi connectivity index (χ1n) is 10.8. The number of methoxy groups -OCH3 is 2. The first-order chi connectivity index (χ1) is 16.3. The molecule has 3 rings (SSSR count). The van der Waals surface area contributed by atoms with Crippen LogP contribution in [-0.2, 0) is 6.54 Å². The summed E-state index contributed by atoms with van der Waals surface area (Å²) in [6, 6.07) is 8.56. The molecule has 0 saturated heterocycles. The zero-order valence-electron chi connectivity index (χ0n) is 19.2. The van der Waals surface area contributed by atoms with E-state index in [1.165, 1.54) is 13.3 Å². The van der Waals surface area contributed by atoms with Gasteiger partial charge in [0, 0.05) is 24.4 Å². The summed E-state index contributed by atoms with van der Waals surface area (Å²) in [4.78, 5) is 12.8. The van der Waals surface area contributed by atoms with Crippen LogP contribution in [0.5, 0.6) is 11.5 Å². The number of hydrogen-bond acceptors (Lipinski definition) is 8. The Hall–Kier alpha value is -3.34. The van der Waals surface area contributed by atoms with Crippen molar-refractivity contribution in [3.8, 4) is 11.5 Å². The van der Waals surface area contributed by atoms with Crippen molar-refractivity contribution in [3.63, 3.8) is 0 Å². The van der Waals surface area contributed by atoms with Crippen molar-refractivity contribution >= 4 is 22.8 Å². The van der Waals surface area contributed by atoms with Crippen molar-refractivity contribution in [2.45, 2.75) is 44.4 Å². The Morgan fingerprint density at radius 2 is 1.88 bits per heavy atom. The fraction of sp³-hybridized carbons (Fsp3) is 0.435. The molecule has 34 heavy (non-hydrogen) atoms. The molecular weight excluding hydrogens is 451 g/mol. The maximum Gasteiger partial charge on any atom is 0.413 e. The van der Waals surface area contributed by atoms with E-state index in [0.29, 0.717) is 23.4 Å². The van der Waals surface area contributed by atoms with Crippen LogP contribution in [0.4, 0.5) is 24.9 Å². The summed E-state index contributed by atoms with van der Waals surface area (Å²) in [5, 5.41) is 15.3. The lowest BCUT2D eigenvalue weighted by Gasteiger charge is -2.35. The van der Waals surface area contributed by atoms with Gasteiger partial charge in [0.1, 0.15) is 17.0 Å². The second-order valence-electron chi connectivity index (χ2n) is 7.76. The van der Waals surface area contributed by atoms with Crippen molar-refractivity contribution in [1.82, 2.24) is 15.0 Å². The number of aliphatic hydroxyl groups excluding tert-OH is 1. The third-order valence-corrected chi connectivity index (χ3v) is 5.51. The minimum absolute atomic E-state index is 0.102. The third-order valence-electron chi connectivity index (χ3n) is 5.51. The maximum atomic E-state index is 14.1. The lowest BCUT2D eigenvalue weighted by Crippen LogP contribution is -2.55. The number of fused-ring (bicyclic) bond motifs is 1. The summed E-state index contributed by atoms with van der Waals surface area (Å²) in [6.45, 7) is 0.898. The molecular formula is C23H28F3N5O3. The molecule has 3 N–H and O–H groups in total. The Kier molecular flexibility index (Phi) is 7.98. The molecule has 0 unspecified atom stereocenters. The van der Waals surface area contributed by atoms with Crippen molar-refractivity contribution in [2.75, 3.05) is 31.5 Å². The summed E-state index contributed by atoms with van der Waals surface area (Å²) in [7, 11) is 3.08. The zero-order chi connectivity index (χ0) is 24.8. The predicted molar refractivity (Wildman–Crippen MR) is 123 cm³/mol.